The minimum absolute atomic E-state index is 0.0530. The Labute approximate surface area is 102 Å². The molecule has 1 heterocycles. The second-order valence-electron chi connectivity index (χ2n) is 5.49. The molecule has 1 saturated heterocycles. The minimum Gasteiger partial charge on any atom is -0.458 e. The first-order valence-electron chi connectivity index (χ1n) is 5.92. The molecule has 0 aromatic rings. The molecule has 0 amide bonds. The van der Waals surface area contributed by atoms with Crippen LogP contribution in [0.25, 0.3) is 0 Å². The zero-order valence-electron chi connectivity index (χ0n) is 10.4. The number of aldehydes is 1. The molecule has 0 bridgehead atoms. The third kappa shape index (κ3) is 1.65. The summed E-state index contributed by atoms with van der Waals surface area (Å²) >= 11 is 0. The molecule has 2 aliphatic rings. The first-order valence-corrected chi connectivity index (χ1v) is 5.92. The van der Waals surface area contributed by atoms with Crippen molar-refractivity contribution < 1.29 is 14.3 Å². The highest BCUT2D eigenvalue weighted by Crippen LogP contribution is 2.51. The quantitative estimate of drug-likeness (QED) is 0.318. The van der Waals surface area contributed by atoms with Gasteiger partial charge in [0, 0.05) is 22.8 Å². The third-order valence-electron chi connectivity index (χ3n) is 4.18. The number of esters is 1. The van der Waals surface area contributed by atoms with Crippen LogP contribution in [0.3, 0.4) is 0 Å². The van der Waals surface area contributed by atoms with Crippen LogP contribution < -0.4 is 0 Å². The van der Waals surface area contributed by atoms with Gasteiger partial charge in [-0.3, -0.25) is 0 Å². The van der Waals surface area contributed by atoms with Crippen LogP contribution >= 0.6 is 0 Å². The van der Waals surface area contributed by atoms with E-state index in [0.717, 1.165) is 24.7 Å². The molecule has 1 aliphatic carbocycles. The van der Waals surface area contributed by atoms with Gasteiger partial charge in [-0.15, -0.1) is 0 Å². The van der Waals surface area contributed by atoms with Crippen LogP contribution in [0.15, 0.2) is 24.3 Å². The average Bonchev–Trinajstić information content (AvgIpc) is 2.54. The second-order valence-corrected chi connectivity index (χ2v) is 5.49. The molecule has 2 fully saturated rings. The van der Waals surface area contributed by atoms with Crippen LogP contribution in [0, 0.1) is 17.3 Å². The Hall–Kier alpha value is -1.38. The molecule has 92 valence electrons. The van der Waals surface area contributed by atoms with Crippen LogP contribution in [0.4, 0.5) is 0 Å². The Kier molecular flexibility index (Phi) is 2.72. The van der Waals surface area contributed by atoms with E-state index < -0.39 is 5.41 Å². The van der Waals surface area contributed by atoms with E-state index in [9.17, 15) is 9.59 Å². The smallest absolute Gasteiger partial charge is 0.334 e. The Morgan fingerprint density at radius 3 is 2.76 bits per heavy atom. The maximum atomic E-state index is 11.6. The first kappa shape index (κ1) is 12.1. The molecule has 3 heteroatoms. The number of carbonyl (C=O) groups excluding carboxylic acids is 2. The van der Waals surface area contributed by atoms with Crippen molar-refractivity contribution in [1.82, 2.24) is 0 Å². The lowest BCUT2D eigenvalue weighted by Crippen LogP contribution is -2.45. The van der Waals surface area contributed by atoms with Crippen molar-refractivity contribution in [1.29, 1.82) is 0 Å². The minimum atomic E-state index is -0.474. The summed E-state index contributed by atoms with van der Waals surface area (Å²) in [6.07, 6.45) is 2.27. The summed E-state index contributed by atoms with van der Waals surface area (Å²) in [6.45, 7) is 11.6. The summed E-state index contributed by atoms with van der Waals surface area (Å²) in [6, 6.07) is 0. The second kappa shape index (κ2) is 3.83. The van der Waals surface area contributed by atoms with E-state index in [4.69, 9.17) is 4.74 Å². The van der Waals surface area contributed by atoms with E-state index >= 15 is 0 Å². The van der Waals surface area contributed by atoms with Gasteiger partial charge in [0.25, 0.3) is 0 Å². The topological polar surface area (TPSA) is 43.4 Å². The van der Waals surface area contributed by atoms with Crippen LogP contribution in [0.1, 0.15) is 26.7 Å². The van der Waals surface area contributed by atoms with Crippen LogP contribution in [-0.2, 0) is 14.3 Å². The van der Waals surface area contributed by atoms with Crippen molar-refractivity contribution >= 4 is 12.3 Å². The van der Waals surface area contributed by atoms with Gasteiger partial charge < -0.3 is 9.53 Å². The Morgan fingerprint density at radius 2 is 2.24 bits per heavy atom. The molecule has 3 nitrogen and oxygen atoms in total. The first-order chi connectivity index (χ1) is 7.90. The predicted octanol–water partition coefficient (Wildman–Crippen LogP) is 2.28. The largest absolute Gasteiger partial charge is 0.458 e. The Morgan fingerprint density at radius 1 is 1.59 bits per heavy atom. The van der Waals surface area contributed by atoms with Crippen molar-refractivity contribution in [2.75, 3.05) is 0 Å². The van der Waals surface area contributed by atoms with Crippen molar-refractivity contribution in [3.63, 3.8) is 0 Å². The molecular formula is C14H18O3. The molecule has 17 heavy (non-hydrogen) atoms. The predicted molar refractivity (Wildman–Crippen MR) is 64.2 cm³/mol. The van der Waals surface area contributed by atoms with Crippen molar-refractivity contribution in [2.24, 2.45) is 17.3 Å². The molecular weight excluding hydrogens is 216 g/mol. The number of fused-ring (bicyclic) bond motifs is 1. The summed E-state index contributed by atoms with van der Waals surface area (Å²) in [5.74, 6) is -0.361. The summed E-state index contributed by atoms with van der Waals surface area (Å²) in [4.78, 5) is 22.9. The zero-order chi connectivity index (χ0) is 12.8. The van der Waals surface area contributed by atoms with Gasteiger partial charge in [-0.05, 0) is 19.8 Å². The van der Waals surface area contributed by atoms with Gasteiger partial charge in [-0.2, -0.15) is 0 Å². The summed E-state index contributed by atoms with van der Waals surface area (Å²) in [5, 5.41) is 0. The lowest BCUT2D eigenvalue weighted by atomic mass is 9.61. The molecule has 4 unspecified atom stereocenters. The number of hydrogen-bond acceptors (Lipinski definition) is 3. The fraction of sp³-hybridized carbons (Fsp3) is 0.571. The van der Waals surface area contributed by atoms with E-state index in [1.165, 1.54) is 0 Å². The molecule has 0 aromatic carbocycles. The molecule has 2 rings (SSSR count). The lowest BCUT2D eigenvalue weighted by molar-refractivity contribution is -0.146. The van der Waals surface area contributed by atoms with E-state index in [0.29, 0.717) is 5.57 Å². The molecule has 0 N–H and O–H groups in total. The molecule has 0 radical (unpaired) electrons. The third-order valence-corrected chi connectivity index (χ3v) is 4.18. The van der Waals surface area contributed by atoms with Gasteiger partial charge in [0.15, 0.2) is 0 Å². The van der Waals surface area contributed by atoms with E-state index in [1.807, 2.05) is 13.8 Å². The summed E-state index contributed by atoms with van der Waals surface area (Å²) < 4.78 is 5.39. The number of hydrogen-bond donors (Lipinski definition) is 0. The van der Waals surface area contributed by atoms with Crippen molar-refractivity contribution in [2.45, 2.75) is 32.8 Å². The van der Waals surface area contributed by atoms with Crippen LogP contribution in [0.2, 0.25) is 0 Å². The molecule has 1 aliphatic heterocycles. The average molecular weight is 234 g/mol. The highest BCUT2D eigenvalue weighted by molar-refractivity contribution is 5.91. The summed E-state index contributed by atoms with van der Waals surface area (Å²) in [5.41, 5.74) is 0.976. The van der Waals surface area contributed by atoms with Gasteiger partial charge in [-0.25, -0.2) is 4.79 Å². The van der Waals surface area contributed by atoms with Gasteiger partial charge in [0.2, 0.25) is 0 Å². The Bertz CT molecular complexity index is 410. The van der Waals surface area contributed by atoms with Gasteiger partial charge in [0.05, 0.1) is 0 Å². The maximum Gasteiger partial charge on any atom is 0.334 e. The van der Waals surface area contributed by atoms with Gasteiger partial charge in [0.1, 0.15) is 12.4 Å². The number of carbonyl (C=O) groups is 2. The lowest BCUT2D eigenvalue weighted by Gasteiger charge is -2.43. The van der Waals surface area contributed by atoms with E-state index in [1.54, 1.807) is 0 Å². The van der Waals surface area contributed by atoms with Crippen LogP contribution in [-0.4, -0.2) is 18.4 Å². The monoisotopic (exact) mass is 234 g/mol. The van der Waals surface area contributed by atoms with Crippen molar-refractivity contribution in [3.05, 3.63) is 24.3 Å². The van der Waals surface area contributed by atoms with E-state index in [-0.39, 0.29) is 23.9 Å². The maximum absolute atomic E-state index is 11.6. The SMILES string of the molecule is C=C1C(=O)OC2C1CCC(C)(C=O)C2C(=C)C. The molecule has 4 atom stereocenters. The van der Waals surface area contributed by atoms with E-state index in [2.05, 4.69) is 13.2 Å². The number of ether oxygens (including phenoxy) is 1. The number of rotatable bonds is 2. The van der Waals surface area contributed by atoms with Gasteiger partial charge >= 0.3 is 5.97 Å². The Balaban J connectivity index is 2.40. The summed E-state index contributed by atoms with van der Waals surface area (Å²) in [7, 11) is 0. The molecule has 0 aromatic heterocycles. The fourth-order valence-electron chi connectivity index (χ4n) is 3.24. The highest BCUT2D eigenvalue weighted by Gasteiger charge is 2.53. The highest BCUT2D eigenvalue weighted by atomic mass is 16.6. The normalized spacial score (nSPS) is 40.7. The molecule has 1 saturated carbocycles. The van der Waals surface area contributed by atoms with Crippen LogP contribution in [0.5, 0.6) is 0 Å². The van der Waals surface area contributed by atoms with Gasteiger partial charge in [-0.1, -0.05) is 25.7 Å². The fourth-order valence-corrected chi connectivity index (χ4v) is 3.24. The zero-order valence-corrected chi connectivity index (χ0v) is 10.4. The molecule has 0 spiro atoms. The standard InChI is InChI=1S/C14H18O3/c1-8(2)11-12-10(9(3)13(16)17-12)5-6-14(11,4)7-15/h7,10-12H,1,3,5-6H2,2,4H3. The van der Waals surface area contributed by atoms with Crippen molar-refractivity contribution in [3.8, 4) is 0 Å².